The standard InChI is InChI=1S/C23H13F6N/c1-21(23(27,28)29)17-5-3-2-4-15(17)20-19-14(8-9-30-20)16-11-13(22(24,25)26)7-6-12(16)10-18(19)21/h2-11H,1H3. The quantitative estimate of drug-likeness (QED) is 0.217. The van der Waals surface area contributed by atoms with Crippen molar-refractivity contribution in [1.82, 2.24) is 4.98 Å². The van der Waals surface area contributed by atoms with Gasteiger partial charge in [0.1, 0.15) is 5.41 Å². The SMILES string of the molecule is CC1(C(F)(F)F)c2ccccc2-c2nccc3c2c1cc1ccc(C(F)(F)F)cc13. The van der Waals surface area contributed by atoms with E-state index in [4.69, 9.17) is 0 Å². The lowest BCUT2D eigenvalue weighted by molar-refractivity contribution is -0.172. The second kappa shape index (κ2) is 5.74. The van der Waals surface area contributed by atoms with E-state index in [0.717, 1.165) is 19.1 Å². The molecule has 30 heavy (non-hydrogen) atoms. The molecule has 0 fully saturated rings. The predicted molar refractivity (Wildman–Crippen MR) is 102 cm³/mol. The fourth-order valence-corrected chi connectivity index (χ4v) is 4.45. The van der Waals surface area contributed by atoms with Crippen molar-refractivity contribution in [1.29, 1.82) is 0 Å². The van der Waals surface area contributed by atoms with Gasteiger partial charge in [0.15, 0.2) is 0 Å². The van der Waals surface area contributed by atoms with Crippen molar-refractivity contribution in [3.8, 4) is 11.3 Å². The van der Waals surface area contributed by atoms with Crippen LogP contribution in [0.25, 0.3) is 32.8 Å². The number of rotatable bonds is 0. The number of alkyl halides is 6. The van der Waals surface area contributed by atoms with Crippen LogP contribution < -0.4 is 0 Å². The molecule has 0 saturated carbocycles. The molecule has 0 N–H and O–H groups in total. The van der Waals surface area contributed by atoms with E-state index in [0.29, 0.717) is 22.0 Å². The highest BCUT2D eigenvalue weighted by Gasteiger charge is 2.56. The number of halogens is 6. The molecule has 1 unspecified atom stereocenters. The molecule has 0 amide bonds. The van der Waals surface area contributed by atoms with Gasteiger partial charge in [0, 0.05) is 17.1 Å². The highest BCUT2D eigenvalue weighted by Crippen LogP contribution is 2.56. The van der Waals surface area contributed by atoms with E-state index >= 15 is 0 Å². The Morgan fingerprint density at radius 3 is 2.23 bits per heavy atom. The highest BCUT2D eigenvalue weighted by molar-refractivity contribution is 6.15. The Balaban J connectivity index is 2.01. The van der Waals surface area contributed by atoms with Crippen molar-refractivity contribution in [3.63, 3.8) is 0 Å². The van der Waals surface area contributed by atoms with E-state index in [1.165, 1.54) is 30.5 Å². The predicted octanol–water partition coefficient (Wildman–Crippen LogP) is 7.26. The van der Waals surface area contributed by atoms with Gasteiger partial charge >= 0.3 is 12.4 Å². The Hall–Kier alpha value is -3.09. The zero-order chi connectivity index (χ0) is 21.5. The summed E-state index contributed by atoms with van der Waals surface area (Å²) in [7, 11) is 0. The van der Waals surface area contributed by atoms with Crippen LogP contribution in [0.4, 0.5) is 26.3 Å². The first kappa shape index (κ1) is 18.9. The van der Waals surface area contributed by atoms with Crippen LogP contribution in [0.2, 0.25) is 0 Å². The van der Waals surface area contributed by atoms with E-state index in [9.17, 15) is 26.3 Å². The summed E-state index contributed by atoms with van der Waals surface area (Å²) in [6.07, 6.45) is -7.75. The third kappa shape index (κ3) is 2.35. The molecule has 1 aliphatic carbocycles. The summed E-state index contributed by atoms with van der Waals surface area (Å²) in [6.45, 7) is 1.12. The van der Waals surface area contributed by atoms with Crippen LogP contribution in [0.1, 0.15) is 23.6 Å². The van der Waals surface area contributed by atoms with Crippen LogP contribution >= 0.6 is 0 Å². The maximum absolute atomic E-state index is 14.5. The number of fused-ring (bicyclic) bond motifs is 4. The van der Waals surface area contributed by atoms with Crippen LogP contribution in [-0.4, -0.2) is 11.2 Å². The van der Waals surface area contributed by atoms with Gasteiger partial charge in [-0.2, -0.15) is 26.3 Å². The smallest absolute Gasteiger partial charge is 0.256 e. The summed E-state index contributed by atoms with van der Waals surface area (Å²) in [6, 6.07) is 12.1. The molecule has 7 heteroatoms. The van der Waals surface area contributed by atoms with Crippen molar-refractivity contribution >= 4 is 21.5 Å². The molecular formula is C23H13F6N. The van der Waals surface area contributed by atoms with Crippen molar-refractivity contribution in [2.75, 3.05) is 0 Å². The summed E-state index contributed by atoms with van der Waals surface area (Å²) < 4.78 is 83.2. The number of nitrogens with zero attached hydrogens (tertiary/aromatic N) is 1. The second-order valence-electron chi connectivity index (χ2n) is 7.61. The minimum atomic E-state index is -4.62. The monoisotopic (exact) mass is 417 g/mol. The fourth-order valence-electron chi connectivity index (χ4n) is 4.45. The second-order valence-corrected chi connectivity index (χ2v) is 7.61. The maximum Gasteiger partial charge on any atom is 0.416 e. The molecule has 1 atom stereocenters. The van der Waals surface area contributed by atoms with Gasteiger partial charge < -0.3 is 0 Å². The number of pyridine rings is 1. The molecule has 4 aromatic rings. The number of hydrogen-bond donors (Lipinski definition) is 0. The molecule has 3 aromatic carbocycles. The molecule has 0 bridgehead atoms. The largest absolute Gasteiger partial charge is 0.416 e. The number of aromatic nitrogens is 1. The third-order valence-electron chi connectivity index (χ3n) is 6.02. The molecule has 0 saturated heterocycles. The summed E-state index contributed by atoms with van der Waals surface area (Å²) in [5, 5.41) is 1.13. The van der Waals surface area contributed by atoms with Crippen molar-refractivity contribution in [3.05, 3.63) is 77.5 Å². The maximum atomic E-state index is 14.5. The number of benzene rings is 3. The molecule has 0 spiro atoms. The normalized spacial score (nSPS) is 18.6. The molecule has 0 radical (unpaired) electrons. The van der Waals surface area contributed by atoms with Gasteiger partial charge in [-0.3, -0.25) is 4.98 Å². The average Bonchev–Trinajstić information content (AvgIpc) is 2.69. The Morgan fingerprint density at radius 1 is 0.800 bits per heavy atom. The van der Waals surface area contributed by atoms with Gasteiger partial charge in [-0.15, -0.1) is 0 Å². The Bertz CT molecular complexity index is 1340. The van der Waals surface area contributed by atoms with Crippen LogP contribution in [0.5, 0.6) is 0 Å². The minimum absolute atomic E-state index is 0.000872. The molecule has 1 heterocycles. The van der Waals surface area contributed by atoms with Crippen LogP contribution in [0.15, 0.2) is 60.8 Å². The van der Waals surface area contributed by atoms with Gasteiger partial charge in [-0.25, -0.2) is 0 Å². The van der Waals surface area contributed by atoms with E-state index in [1.54, 1.807) is 18.2 Å². The van der Waals surface area contributed by atoms with Crippen molar-refractivity contribution < 1.29 is 26.3 Å². The lowest BCUT2D eigenvalue weighted by Gasteiger charge is -2.39. The van der Waals surface area contributed by atoms with Crippen molar-refractivity contribution in [2.45, 2.75) is 24.7 Å². The van der Waals surface area contributed by atoms with Crippen molar-refractivity contribution in [2.24, 2.45) is 0 Å². The zero-order valence-corrected chi connectivity index (χ0v) is 15.5. The molecule has 152 valence electrons. The Labute approximate surface area is 167 Å². The van der Waals surface area contributed by atoms with E-state index in [2.05, 4.69) is 4.98 Å². The van der Waals surface area contributed by atoms with E-state index < -0.39 is 23.3 Å². The summed E-state index contributed by atoms with van der Waals surface area (Å²) in [4.78, 5) is 4.31. The lowest BCUT2D eigenvalue weighted by Crippen LogP contribution is -2.42. The first-order valence-corrected chi connectivity index (χ1v) is 9.13. The summed E-state index contributed by atoms with van der Waals surface area (Å²) >= 11 is 0. The van der Waals surface area contributed by atoms with E-state index in [-0.39, 0.29) is 21.9 Å². The fraction of sp³-hybridized carbons (Fsp3) is 0.174. The third-order valence-corrected chi connectivity index (χ3v) is 6.02. The summed E-state index contributed by atoms with van der Waals surface area (Å²) in [5.41, 5.74) is -2.41. The first-order valence-electron chi connectivity index (χ1n) is 9.13. The van der Waals surface area contributed by atoms with Crippen LogP contribution in [-0.2, 0) is 11.6 Å². The molecule has 1 nitrogen and oxygen atoms in total. The topological polar surface area (TPSA) is 12.9 Å². The molecule has 1 aromatic heterocycles. The average molecular weight is 417 g/mol. The zero-order valence-electron chi connectivity index (χ0n) is 15.5. The Morgan fingerprint density at radius 2 is 1.53 bits per heavy atom. The number of hydrogen-bond acceptors (Lipinski definition) is 1. The minimum Gasteiger partial charge on any atom is -0.256 e. The van der Waals surface area contributed by atoms with E-state index in [1.807, 2.05) is 0 Å². The first-order chi connectivity index (χ1) is 14.0. The molecular weight excluding hydrogens is 404 g/mol. The summed E-state index contributed by atoms with van der Waals surface area (Å²) in [5.74, 6) is 0. The highest BCUT2D eigenvalue weighted by atomic mass is 19.4. The molecule has 1 aliphatic rings. The molecule has 0 aliphatic heterocycles. The van der Waals surface area contributed by atoms with Gasteiger partial charge in [0.2, 0.25) is 0 Å². The Kier molecular flexibility index (Phi) is 3.62. The molecule has 5 rings (SSSR count). The van der Waals surface area contributed by atoms with Gasteiger partial charge in [-0.05, 0) is 58.5 Å². The van der Waals surface area contributed by atoms with Gasteiger partial charge in [-0.1, -0.05) is 30.3 Å². The van der Waals surface area contributed by atoms with Crippen LogP contribution in [0, 0.1) is 0 Å². The van der Waals surface area contributed by atoms with Crippen LogP contribution in [0.3, 0.4) is 0 Å². The van der Waals surface area contributed by atoms with Gasteiger partial charge in [0.05, 0.1) is 11.3 Å². The lowest BCUT2D eigenvalue weighted by atomic mass is 9.67. The van der Waals surface area contributed by atoms with Gasteiger partial charge in [0.25, 0.3) is 0 Å².